The average Bonchev–Trinajstić information content (AvgIpc) is 2.37. The lowest BCUT2D eigenvalue weighted by atomic mass is 10.1. The summed E-state index contributed by atoms with van der Waals surface area (Å²) in [4.78, 5) is 22.9. The zero-order valence-electron chi connectivity index (χ0n) is 11.5. The smallest absolute Gasteiger partial charge is 0.326 e. The lowest BCUT2D eigenvalue weighted by Gasteiger charge is -2.14. The summed E-state index contributed by atoms with van der Waals surface area (Å²) in [6.07, 6.45) is -0.0574. The van der Waals surface area contributed by atoms with Crippen LogP contribution in [0.5, 0.6) is 5.75 Å². The van der Waals surface area contributed by atoms with Gasteiger partial charge in [-0.2, -0.15) is 0 Å². The van der Waals surface area contributed by atoms with Crippen LogP contribution in [0.2, 0.25) is 0 Å². The van der Waals surface area contributed by atoms with Crippen LogP contribution in [0.15, 0.2) is 24.3 Å². The normalized spacial score (nSPS) is 12.0. The van der Waals surface area contributed by atoms with Crippen molar-refractivity contribution in [2.24, 2.45) is 0 Å². The first kappa shape index (κ1) is 16.0. The van der Waals surface area contributed by atoms with E-state index in [0.29, 0.717) is 11.3 Å². The fourth-order valence-electron chi connectivity index (χ4n) is 1.61. The van der Waals surface area contributed by atoms with Gasteiger partial charge < -0.3 is 20.3 Å². The van der Waals surface area contributed by atoms with E-state index in [9.17, 15) is 9.59 Å². The minimum atomic E-state index is -1.18. The zero-order chi connectivity index (χ0) is 15.1. The molecule has 0 aliphatic heterocycles. The maximum atomic E-state index is 12.0. The van der Waals surface area contributed by atoms with E-state index in [1.165, 1.54) is 0 Å². The summed E-state index contributed by atoms with van der Waals surface area (Å²) >= 11 is 0. The van der Waals surface area contributed by atoms with Crippen molar-refractivity contribution >= 4 is 11.9 Å². The van der Waals surface area contributed by atoms with Crippen molar-refractivity contribution in [2.75, 3.05) is 6.61 Å². The fourth-order valence-corrected chi connectivity index (χ4v) is 1.61. The van der Waals surface area contributed by atoms with Gasteiger partial charge in [0.05, 0.1) is 6.10 Å². The number of carboxylic acids is 1. The van der Waals surface area contributed by atoms with Crippen molar-refractivity contribution in [1.29, 1.82) is 0 Å². The van der Waals surface area contributed by atoms with Crippen molar-refractivity contribution < 1.29 is 24.5 Å². The molecular formula is C14H19NO5. The first-order valence-corrected chi connectivity index (χ1v) is 6.35. The van der Waals surface area contributed by atoms with Gasteiger partial charge in [-0.15, -0.1) is 0 Å². The van der Waals surface area contributed by atoms with E-state index < -0.39 is 17.9 Å². The quantitative estimate of drug-likeness (QED) is 0.694. The van der Waals surface area contributed by atoms with Gasteiger partial charge in [-0.3, -0.25) is 4.79 Å². The Labute approximate surface area is 117 Å². The summed E-state index contributed by atoms with van der Waals surface area (Å²) in [6.45, 7) is 3.43. The van der Waals surface area contributed by atoms with Crippen LogP contribution in [-0.2, 0) is 4.79 Å². The van der Waals surface area contributed by atoms with Crippen LogP contribution in [0.1, 0.15) is 30.6 Å². The Kier molecular flexibility index (Phi) is 5.99. The van der Waals surface area contributed by atoms with Gasteiger partial charge in [0.25, 0.3) is 5.91 Å². The highest BCUT2D eigenvalue weighted by Gasteiger charge is 2.20. The van der Waals surface area contributed by atoms with E-state index >= 15 is 0 Å². The third-order valence-corrected chi connectivity index (χ3v) is 2.49. The Hall–Kier alpha value is -2.08. The fraction of sp³-hybridized carbons (Fsp3) is 0.429. The molecule has 6 nitrogen and oxygen atoms in total. The third kappa shape index (κ3) is 4.89. The van der Waals surface area contributed by atoms with Gasteiger partial charge in [-0.05, 0) is 32.0 Å². The van der Waals surface area contributed by atoms with E-state index in [0.717, 1.165) is 0 Å². The second-order valence-corrected chi connectivity index (χ2v) is 4.57. The third-order valence-electron chi connectivity index (χ3n) is 2.49. The van der Waals surface area contributed by atoms with Gasteiger partial charge in [0.15, 0.2) is 0 Å². The maximum Gasteiger partial charge on any atom is 0.326 e. The molecule has 0 aliphatic rings. The summed E-state index contributed by atoms with van der Waals surface area (Å²) in [5, 5.41) is 20.1. The van der Waals surface area contributed by atoms with Crippen LogP contribution in [-0.4, -0.2) is 40.8 Å². The number of hydrogen-bond donors (Lipinski definition) is 3. The lowest BCUT2D eigenvalue weighted by molar-refractivity contribution is -0.139. The van der Waals surface area contributed by atoms with Gasteiger partial charge in [-0.25, -0.2) is 4.79 Å². The Morgan fingerprint density at radius 1 is 1.35 bits per heavy atom. The number of benzene rings is 1. The van der Waals surface area contributed by atoms with Gasteiger partial charge in [-0.1, -0.05) is 6.07 Å². The molecule has 0 bridgehead atoms. The topological polar surface area (TPSA) is 95.9 Å². The Balaban J connectivity index is 2.78. The number of aliphatic carboxylic acids is 1. The predicted molar refractivity (Wildman–Crippen MR) is 72.8 cm³/mol. The van der Waals surface area contributed by atoms with Crippen molar-refractivity contribution in [3.8, 4) is 5.75 Å². The van der Waals surface area contributed by atoms with Crippen LogP contribution in [0.25, 0.3) is 0 Å². The molecule has 0 heterocycles. The zero-order valence-corrected chi connectivity index (χ0v) is 11.5. The molecule has 3 N–H and O–H groups in total. The van der Waals surface area contributed by atoms with Gasteiger partial charge in [0, 0.05) is 18.6 Å². The van der Waals surface area contributed by atoms with Gasteiger partial charge in [0.2, 0.25) is 0 Å². The minimum absolute atomic E-state index is 0.0190. The number of aliphatic hydroxyl groups is 1. The standard InChI is InChI=1S/C14H19NO5/c1-9(2)20-11-5-3-4-10(8-11)13(17)15-12(6-7-16)14(18)19/h3-5,8-9,12,16H,6-7H2,1-2H3,(H,15,17)(H,18,19)/t12-/m0/s1. The summed E-state index contributed by atoms with van der Waals surface area (Å²) in [7, 11) is 0. The molecule has 1 aromatic rings. The molecule has 0 aliphatic carbocycles. The number of ether oxygens (including phenoxy) is 1. The molecule has 1 atom stereocenters. The van der Waals surface area contributed by atoms with Crippen LogP contribution >= 0.6 is 0 Å². The molecule has 6 heteroatoms. The molecule has 0 saturated heterocycles. The second kappa shape index (κ2) is 7.49. The van der Waals surface area contributed by atoms with Crippen LogP contribution in [0, 0.1) is 0 Å². The Morgan fingerprint density at radius 3 is 2.60 bits per heavy atom. The van der Waals surface area contributed by atoms with Crippen molar-refractivity contribution in [3.05, 3.63) is 29.8 Å². The summed E-state index contributed by atoms with van der Waals surface area (Å²) in [5.41, 5.74) is 0.312. The van der Waals surface area contributed by atoms with Crippen molar-refractivity contribution in [1.82, 2.24) is 5.32 Å². The van der Waals surface area contributed by atoms with Crippen LogP contribution < -0.4 is 10.1 Å². The predicted octanol–water partition coefficient (Wildman–Crippen LogP) is 1.04. The van der Waals surface area contributed by atoms with Crippen LogP contribution in [0.3, 0.4) is 0 Å². The molecule has 0 radical (unpaired) electrons. The monoisotopic (exact) mass is 281 g/mol. The first-order valence-electron chi connectivity index (χ1n) is 6.35. The second-order valence-electron chi connectivity index (χ2n) is 4.57. The molecule has 0 unspecified atom stereocenters. The lowest BCUT2D eigenvalue weighted by Crippen LogP contribution is -2.41. The molecule has 1 rings (SSSR count). The van der Waals surface area contributed by atoms with E-state index in [4.69, 9.17) is 14.9 Å². The minimum Gasteiger partial charge on any atom is -0.491 e. The number of aliphatic hydroxyl groups excluding tert-OH is 1. The molecule has 0 aromatic heterocycles. The Morgan fingerprint density at radius 2 is 2.05 bits per heavy atom. The molecule has 110 valence electrons. The molecule has 20 heavy (non-hydrogen) atoms. The number of amides is 1. The molecule has 0 saturated carbocycles. The number of hydrogen-bond acceptors (Lipinski definition) is 4. The van der Waals surface area contributed by atoms with Gasteiger partial charge in [0.1, 0.15) is 11.8 Å². The largest absolute Gasteiger partial charge is 0.491 e. The average molecular weight is 281 g/mol. The van der Waals surface area contributed by atoms with Crippen LogP contribution in [0.4, 0.5) is 0 Å². The highest BCUT2D eigenvalue weighted by molar-refractivity contribution is 5.96. The summed E-state index contributed by atoms with van der Waals surface area (Å²) in [5.74, 6) is -1.15. The molecule has 1 aromatic carbocycles. The molecular weight excluding hydrogens is 262 g/mol. The molecule has 0 spiro atoms. The number of nitrogens with one attached hydrogen (secondary N) is 1. The summed E-state index contributed by atoms with van der Waals surface area (Å²) < 4.78 is 5.47. The molecule has 0 fully saturated rings. The van der Waals surface area contributed by atoms with E-state index in [2.05, 4.69) is 5.32 Å². The number of carbonyl (C=O) groups excluding carboxylic acids is 1. The maximum absolute atomic E-state index is 12.0. The highest BCUT2D eigenvalue weighted by Crippen LogP contribution is 2.15. The van der Waals surface area contributed by atoms with E-state index in [1.807, 2.05) is 13.8 Å². The number of carbonyl (C=O) groups is 2. The Bertz CT molecular complexity index is 472. The van der Waals surface area contributed by atoms with Gasteiger partial charge >= 0.3 is 5.97 Å². The summed E-state index contributed by atoms with van der Waals surface area (Å²) in [6, 6.07) is 5.39. The first-order chi connectivity index (χ1) is 9.43. The number of carboxylic acid groups (broad SMARTS) is 1. The molecule has 1 amide bonds. The van der Waals surface area contributed by atoms with Crippen molar-refractivity contribution in [2.45, 2.75) is 32.4 Å². The number of rotatable bonds is 7. The van der Waals surface area contributed by atoms with E-state index in [1.54, 1.807) is 24.3 Å². The SMILES string of the molecule is CC(C)Oc1cccc(C(=O)N[C@@H](CCO)C(=O)O)c1. The highest BCUT2D eigenvalue weighted by atomic mass is 16.5. The van der Waals surface area contributed by atoms with E-state index in [-0.39, 0.29) is 19.1 Å². The van der Waals surface area contributed by atoms with Crippen molar-refractivity contribution in [3.63, 3.8) is 0 Å².